The normalized spacial score (nSPS) is 24.0. The summed E-state index contributed by atoms with van der Waals surface area (Å²) >= 11 is 1.49. The molecule has 3 N–H and O–H groups in total. The van der Waals surface area contributed by atoms with Gasteiger partial charge in [0.25, 0.3) is 0 Å². The van der Waals surface area contributed by atoms with Crippen LogP contribution in [0.1, 0.15) is 0 Å². The van der Waals surface area contributed by atoms with Gasteiger partial charge in [-0.3, -0.25) is 0 Å². The summed E-state index contributed by atoms with van der Waals surface area (Å²) in [5.41, 5.74) is 0. The van der Waals surface area contributed by atoms with Crippen LogP contribution in [0.5, 0.6) is 0 Å². The Morgan fingerprint density at radius 2 is 1.50 bits per heavy atom. The summed E-state index contributed by atoms with van der Waals surface area (Å²) in [5, 5.41) is 9.87. The van der Waals surface area contributed by atoms with E-state index in [0.29, 0.717) is 0 Å². The van der Waals surface area contributed by atoms with Gasteiger partial charge in [-0.15, -0.1) is 0 Å². The SMILES string of the molecule is C1CNCCOSCNCCN1. The molecule has 0 radical (unpaired) electrons. The Kier molecular flexibility index (Phi) is 6.69. The first-order chi connectivity index (χ1) is 6.00. The molecule has 0 unspecified atom stereocenters. The van der Waals surface area contributed by atoms with E-state index in [0.717, 1.165) is 45.2 Å². The van der Waals surface area contributed by atoms with E-state index >= 15 is 0 Å². The summed E-state index contributed by atoms with van der Waals surface area (Å²) in [5.74, 6) is 0.877. The standard InChI is InChI=1S/C7H17N3OS/c1-2-9-5-6-11-12-7-10-4-3-8-1/h8-10H,1-7H2. The van der Waals surface area contributed by atoms with Gasteiger partial charge in [0.15, 0.2) is 0 Å². The van der Waals surface area contributed by atoms with Crippen molar-refractivity contribution in [3.05, 3.63) is 0 Å². The smallest absolute Gasteiger partial charge is 0.0739 e. The van der Waals surface area contributed by atoms with Gasteiger partial charge in [0.2, 0.25) is 0 Å². The maximum atomic E-state index is 5.28. The fourth-order valence-electron chi connectivity index (χ4n) is 0.932. The molecule has 4 nitrogen and oxygen atoms in total. The molecule has 12 heavy (non-hydrogen) atoms. The van der Waals surface area contributed by atoms with E-state index in [4.69, 9.17) is 4.18 Å². The van der Waals surface area contributed by atoms with Crippen LogP contribution in [-0.2, 0) is 4.18 Å². The van der Waals surface area contributed by atoms with Crippen LogP contribution in [0.15, 0.2) is 0 Å². The molecule has 5 heteroatoms. The second kappa shape index (κ2) is 7.82. The fourth-order valence-corrected chi connectivity index (χ4v) is 1.44. The molecule has 0 bridgehead atoms. The van der Waals surface area contributed by atoms with Crippen molar-refractivity contribution in [3.63, 3.8) is 0 Å². The summed E-state index contributed by atoms with van der Waals surface area (Å²) in [6, 6.07) is 0. The lowest BCUT2D eigenvalue weighted by Crippen LogP contribution is -2.34. The van der Waals surface area contributed by atoms with Gasteiger partial charge in [-0.05, 0) is 0 Å². The lowest BCUT2D eigenvalue weighted by atomic mass is 10.5. The van der Waals surface area contributed by atoms with E-state index in [2.05, 4.69) is 16.0 Å². The Balaban J connectivity index is 2.00. The molecule has 0 saturated carbocycles. The highest BCUT2D eigenvalue weighted by molar-refractivity contribution is 7.94. The molecular weight excluding hydrogens is 174 g/mol. The Bertz CT molecular complexity index is 61.6. The van der Waals surface area contributed by atoms with Crippen molar-refractivity contribution >= 4 is 12.0 Å². The van der Waals surface area contributed by atoms with E-state index in [1.54, 1.807) is 0 Å². The van der Waals surface area contributed by atoms with Crippen molar-refractivity contribution in [1.82, 2.24) is 16.0 Å². The summed E-state index contributed by atoms with van der Waals surface area (Å²) in [7, 11) is 0. The van der Waals surface area contributed by atoms with Gasteiger partial charge in [-0.2, -0.15) is 0 Å². The highest BCUT2D eigenvalue weighted by Crippen LogP contribution is 1.97. The summed E-state index contributed by atoms with van der Waals surface area (Å²) < 4.78 is 5.28. The number of rotatable bonds is 0. The van der Waals surface area contributed by atoms with Crippen molar-refractivity contribution < 1.29 is 4.18 Å². The molecule has 0 aliphatic carbocycles. The molecule has 1 saturated heterocycles. The molecule has 1 aliphatic rings. The van der Waals surface area contributed by atoms with Gasteiger partial charge in [0.05, 0.1) is 12.5 Å². The van der Waals surface area contributed by atoms with Gasteiger partial charge in [-0.25, -0.2) is 0 Å². The van der Waals surface area contributed by atoms with Crippen molar-refractivity contribution in [3.8, 4) is 0 Å². The number of hydrogen-bond donors (Lipinski definition) is 3. The molecule has 0 aromatic heterocycles. The second-order valence-corrected chi connectivity index (χ2v) is 3.34. The topological polar surface area (TPSA) is 45.3 Å². The van der Waals surface area contributed by atoms with Crippen LogP contribution in [-0.4, -0.2) is 45.2 Å². The highest BCUT2D eigenvalue weighted by Gasteiger charge is 1.93. The lowest BCUT2D eigenvalue weighted by molar-refractivity contribution is 0.363. The van der Waals surface area contributed by atoms with Crippen LogP contribution in [0.25, 0.3) is 0 Å². The first-order valence-electron chi connectivity index (χ1n) is 4.37. The maximum absolute atomic E-state index is 5.28. The summed E-state index contributed by atoms with van der Waals surface area (Å²) in [6.45, 7) is 5.82. The average Bonchev–Trinajstić information content (AvgIpc) is 2.05. The molecule has 72 valence electrons. The Morgan fingerprint density at radius 1 is 0.833 bits per heavy atom. The minimum atomic E-state index is 0.784. The summed E-state index contributed by atoms with van der Waals surface area (Å²) in [6.07, 6.45) is 0. The fraction of sp³-hybridized carbons (Fsp3) is 1.00. The van der Waals surface area contributed by atoms with Crippen LogP contribution in [0.4, 0.5) is 0 Å². The molecule has 0 aromatic rings. The van der Waals surface area contributed by atoms with Crippen molar-refractivity contribution in [2.45, 2.75) is 0 Å². The molecule has 1 fully saturated rings. The average molecular weight is 191 g/mol. The molecule has 1 rings (SSSR count). The zero-order chi connectivity index (χ0) is 8.49. The third-order valence-corrected chi connectivity index (χ3v) is 2.22. The predicted molar refractivity (Wildman–Crippen MR) is 52.2 cm³/mol. The molecule has 0 atom stereocenters. The minimum absolute atomic E-state index is 0.784. The molecule has 1 aliphatic heterocycles. The maximum Gasteiger partial charge on any atom is 0.0739 e. The minimum Gasteiger partial charge on any atom is -0.314 e. The first kappa shape index (κ1) is 10.3. The van der Waals surface area contributed by atoms with Crippen LogP contribution in [0.3, 0.4) is 0 Å². The van der Waals surface area contributed by atoms with Crippen LogP contribution in [0.2, 0.25) is 0 Å². The van der Waals surface area contributed by atoms with Crippen LogP contribution < -0.4 is 16.0 Å². The van der Waals surface area contributed by atoms with Gasteiger partial charge >= 0.3 is 0 Å². The highest BCUT2D eigenvalue weighted by atomic mass is 32.2. The zero-order valence-electron chi connectivity index (χ0n) is 7.27. The van der Waals surface area contributed by atoms with Crippen molar-refractivity contribution in [1.29, 1.82) is 0 Å². The Labute approximate surface area is 78.0 Å². The third-order valence-electron chi connectivity index (χ3n) is 1.56. The van der Waals surface area contributed by atoms with Crippen LogP contribution >= 0.6 is 12.0 Å². The van der Waals surface area contributed by atoms with E-state index < -0.39 is 0 Å². The summed E-state index contributed by atoms with van der Waals surface area (Å²) in [4.78, 5) is 0. The monoisotopic (exact) mass is 191 g/mol. The van der Waals surface area contributed by atoms with Crippen molar-refractivity contribution in [2.75, 3.05) is 45.2 Å². The van der Waals surface area contributed by atoms with Crippen LogP contribution in [0, 0.1) is 0 Å². The zero-order valence-corrected chi connectivity index (χ0v) is 8.08. The van der Waals surface area contributed by atoms with E-state index in [1.165, 1.54) is 12.0 Å². The Hall–Kier alpha value is 0.190. The first-order valence-corrected chi connectivity index (χ1v) is 5.28. The largest absolute Gasteiger partial charge is 0.314 e. The third kappa shape index (κ3) is 5.79. The van der Waals surface area contributed by atoms with E-state index in [1.807, 2.05) is 0 Å². The molecule has 0 amide bonds. The number of nitrogens with one attached hydrogen (secondary N) is 3. The van der Waals surface area contributed by atoms with Gasteiger partial charge in [0.1, 0.15) is 0 Å². The van der Waals surface area contributed by atoms with Gasteiger partial charge in [0, 0.05) is 44.8 Å². The second-order valence-electron chi connectivity index (χ2n) is 2.58. The quantitative estimate of drug-likeness (QED) is 0.446. The van der Waals surface area contributed by atoms with Gasteiger partial charge < -0.3 is 20.1 Å². The number of hydrogen-bond acceptors (Lipinski definition) is 5. The molecular formula is C7H17N3OS. The van der Waals surface area contributed by atoms with E-state index in [9.17, 15) is 0 Å². The lowest BCUT2D eigenvalue weighted by Gasteiger charge is -2.10. The van der Waals surface area contributed by atoms with Crippen molar-refractivity contribution in [2.24, 2.45) is 0 Å². The molecule has 0 spiro atoms. The van der Waals surface area contributed by atoms with E-state index in [-0.39, 0.29) is 0 Å². The molecule has 1 heterocycles. The van der Waals surface area contributed by atoms with Gasteiger partial charge in [-0.1, -0.05) is 0 Å². The molecule has 0 aromatic carbocycles. The predicted octanol–water partition coefficient (Wildman–Crippen LogP) is -0.609. The Morgan fingerprint density at radius 3 is 2.33 bits per heavy atom.